The lowest BCUT2D eigenvalue weighted by Crippen LogP contribution is -2.48. The van der Waals surface area contributed by atoms with E-state index in [-0.39, 0.29) is 6.61 Å². The van der Waals surface area contributed by atoms with Gasteiger partial charge in [0.15, 0.2) is 5.11 Å². The molecular weight excluding hydrogens is 412 g/mol. The van der Waals surface area contributed by atoms with Crippen LogP contribution in [-0.4, -0.2) is 38.0 Å². The van der Waals surface area contributed by atoms with Crippen LogP contribution in [0.3, 0.4) is 0 Å². The number of rotatable bonds is 8. The first kappa shape index (κ1) is 22.8. The number of esters is 1. The largest absolute Gasteiger partial charge is 0.494 e. The number of carbonyl (C=O) groups excluding carboxylic acids is 1. The van der Waals surface area contributed by atoms with Crippen LogP contribution in [0, 0.1) is 6.92 Å². The lowest BCUT2D eigenvalue weighted by molar-refractivity contribution is -0.140. The molecule has 0 saturated carbocycles. The van der Waals surface area contributed by atoms with Crippen LogP contribution in [0.1, 0.15) is 31.0 Å². The second-order valence-electron chi connectivity index (χ2n) is 7.19. The standard InChI is InChI=1S/C24H28N2O4S/c1-5-29-20-11-9-18(10-12-20)22-21(23(27)30-14-13-28-4)17(3)26(24(31)25-22)19-8-6-7-16(2)15-19/h6-12,15,22H,5,13-14H2,1-4H3,(H,25,31). The van der Waals surface area contributed by atoms with Crippen molar-refractivity contribution in [1.82, 2.24) is 5.32 Å². The van der Waals surface area contributed by atoms with Crippen LogP contribution in [0.25, 0.3) is 0 Å². The van der Waals surface area contributed by atoms with Crippen LogP contribution >= 0.6 is 12.2 Å². The van der Waals surface area contributed by atoms with Crippen LogP contribution in [0.4, 0.5) is 5.69 Å². The highest BCUT2D eigenvalue weighted by atomic mass is 32.1. The molecule has 1 aliphatic rings. The molecule has 31 heavy (non-hydrogen) atoms. The molecule has 6 nitrogen and oxygen atoms in total. The van der Waals surface area contributed by atoms with Gasteiger partial charge in [-0.3, -0.25) is 4.90 Å². The van der Waals surface area contributed by atoms with Gasteiger partial charge in [0.05, 0.1) is 24.8 Å². The van der Waals surface area contributed by atoms with E-state index >= 15 is 0 Å². The highest BCUT2D eigenvalue weighted by molar-refractivity contribution is 7.80. The van der Waals surface area contributed by atoms with Crippen LogP contribution < -0.4 is 15.0 Å². The topological polar surface area (TPSA) is 60.0 Å². The van der Waals surface area contributed by atoms with Gasteiger partial charge in [0.25, 0.3) is 0 Å². The second kappa shape index (κ2) is 10.4. The van der Waals surface area contributed by atoms with Crippen LogP contribution in [0.2, 0.25) is 0 Å². The van der Waals surface area contributed by atoms with Crippen molar-refractivity contribution in [2.75, 3.05) is 31.8 Å². The number of anilines is 1. The molecule has 0 fully saturated rings. The SMILES string of the molecule is CCOc1ccc(C2NC(=S)N(c3cccc(C)c3)C(C)=C2C(=O)OCCOC)cc1. The minimum Gasteiger partial charge on any atom is -0.494 e. The maximum atomic E-state index is 13.1. The van der Waals surface area contributed by atoms with Crippen molar-refractivity contribution in [2.24, 2.45) is 0 Å². The maximum absolute atomic E-state index is 13.1. The molecule has 2 aromatic carbocycles. The Labute approximate surface area is 188 Å². The number of methoxy groups -OCH3 is 1. The van der Waals surface area contributed by atoms with Gasteiger partial charge in [-0.1, -0.05) is 24.3 Å². The highest BCUT2D eigenvalue weighted by Gasteiger charge is 2.35. The summed E-state index contributed by atoms with van der Waals surface area (Å²) in [4.78, 5) is 15.0. The average Bonchev–Trinajstić information content (AvgIpc) is 2.74. The Kier molecular flexibility index (Phi) is 7.65. The zero-order valence-electron chi connectivity index (χ0n) is 18.3. The predicted molar refractivity (Wildman–Crippen MR) is 125 cm³/mol. The summed E-state index contributed by atoms with van der Waals surface area (Å²) in [6.07, 6.45) is 0. The molecule has 0 spiro atoms. The number of thiocarbonyl (C=S) groups is 1. The average molecular weight is 441 g/mol. The van der Waals surface area contributed by atoms with Gasteiger partial charge >= 0.3 is 5.97 Å². The van der Waals surface area contributed by atoms with E-state index in [1.807, 2.05) is 74.2 Å². The summed E-state index contributed by atoms with van der Waals surface area (Å²) in [5.74, 6) is 0.372. The van der Waals surface area contributed by atoms with E-state index in [0.717, 1.165) is 28.3 Å². The fraction of sp³-hybridized carbons (Fsp3) is 0.333. The number of carbonyl (C=O) groups is 1. The number of benzene rings is 2. The predicted octanol–water partition coefficient (Wildman–Crippen LogP) is 4.29. The molecule has 0 amide bonds. The first-order chi connectivity index (χ1) is 15.0. The zero-order chi connectivity index (χ0) is 22.4. The van der Waals surface area contributed by atoms with E-state index in [2.05, 4.69) is 5.32 Å². The van der Waals surface area contributed by atoms with Gasteiger partial charge in [-0.15, -0.1) is 0 Å². The fourth-order valence-corrected chi connectivity index (χ4v) is 3.91. The molecule has 0 aromatic heterocycles. The summed E-state index contributed by atoms with van der Waals surface area (Å²) in [7, 11) is 1.57. The number of aryl methyl sites for hydroxylation is 1. The number of hydrogen-bond acceptors (Lipinski definition) is 5. The molecule has 7 heteroatoms. The van der Waals surface area contributed by atoms with Gasteiger partial charge in [-0.2, -0.15) is 0 Å². The van der Waals surface area contributed by atoms with E-state index in [4.69, 9.17) is 26.4 Å². The van der Waals surface area contributed by atoms with Crippen molar-refractivity contribution in [1.29, 1.82) is 0 Å². The molecule has 1 unspecified atom stereocenters. The Bertz CT molecular complexity index is 972. The minimum absolute atomic E-state index is 0.178. The fourth-order valence-electron chi connectivity index (χ4n) is 3.55. The molecule has 1 heterocycles. The summed E-state index contributed by atoms with van der Waals surface area (Å²) in [5.41, 5.74) is 4.13. The lowest BCUT2D eigenvalue weighted by atomic mass is 9.94. The molecule has 164 valence electrons. The molecule has 1 atom stereocenters. The highest BCUT2D eigenvalue weighted by Crippen LogP contribution is 2.35. The first-order valence-electron chi connectivity index (χ1n) is 10.2. The Morgan fingerprint density at radius 1 is 1.13 bits per heavy atom. The van der Waals surface area contributed by atoms with E-state index in [1.165, 1.54) is 0 Å². The molecule has 0 saturated heterocycles. The Morgan fingerprint density at radius 2 is 1.87 bits per heavy atom. The van der Waals surface area contributed by atoms with Crippen molar-refractivity contribution in [3.8, 4) is 5.75 Å². The van der Waals surface area contributed by atoms with E-state index in [1.54, 1.807) is 7.11 Å². The van der Waals surface area contributed by atoms with Gasteiger partial charge in [0.2, 0.25) is 0 Å². The lowest BCUT2D eigenvalue weighted by Gasteiger charge is -2.37. The third-order valence-electron chi connectivity index (χ3n) is 5.01. The summed E-state index contributed by atoms with van der Waals surface area (Å²) in [6.45, 7) is 6.95. The molecule has 0 bridgehead atoms. The summed E-state index contributed by atoms with van der Waals surface area (Å²) < 4.78 is 16.1. The number of hydrogen-bond donors (Lipinski definition) is 1. The maximum Gasteiger partial charge on any atom is 0.338 e. The third kappa shape index (κ3) is 5.24. The van der Waals surface area contributed by atoms with E-state index in [9.17, 15) is 4.79 Å². The molecule has 0 aliphatic carbocycles. The quantitative estimate of drug-likeness (QED) is 0.373. The molecule has 3 rings (SSSR count). The molecule has 2 aromatic rings. The Hall–Kier alpha value is -2.90. The van der Waals surface area contributed by atoms with Crippen molar-refractivity contribution in [3.63, 3.8) is 0 Å². The Balaban J connectivity index is 2.03. The van der Waals surface area contributed by atoms with Crippen molar-refractivity contribution in [2.45, 2.75) is 26.8 Å². The number of nitrogens with one attached hydrogen (secondary N) is 1. The molecule has 1 N–H and O–H groups in total. The first-order valence-corrected chi connectivity index (χ1v) is 10.6. The number of allylic oxidation sites excluding steroid dienone is 1. The minimum atomic E-state index is -0.431. The Morgan fingerprint density at radius 3 is 2.52 bits per heavy atom. The number of ether oxygens (including phenoxy) is 3. The van der Waals surface area contributed by atoms with Crippen LogP contribution in [0.5, 0.6) is 5.75 Å². The zero-order valence-corrected chi connectivity index (χ0v) is 19.1. The third-order valence-corrected chi connectivity index (χ3v) is 5.31. The normalized spacial score (nSPS) is 16.2. The molecule has 1 aliphatic heterocycles. The summed E-state index contributed by atoms with van der Waals surface area (Å²) in [6, 6.07) is 15.2. The summed E-state index contributed by atoms with van der Waals surface area (Å²) >= 11 is 5.70. The van der Waals surface area contributed by atoms with Gasteiger partial charge in [-0.05, 0) is 68.4 Å². The van der Waals surface area contributed by atoms with Crippen LogP contribution in [0.15, 0.2) is 59.8 Å². The molecule has 0 radical (unpaired) electrons. The van der Waals surface area contributed by atoms with Gasteiger partial charge in [0, 0.05) is 18.5 Å². The van der Waals surface area contributed by atoms with Crippen molar-refractivity contribution in [3.05, 3.63) is 70.9 Å². The van der Waals surface area contributed by atoms with Crippen LogP contribution in [-0.2, 0) is 14.3 Å². The molecular formula is C24H28N2O4S. The monoisotopic (exact) mass is 440 g/mol. The van der Waals surface area contributed by atoms with Gasteiger partial charge in [-0.25, -0.2) is 4.79 Å². The van der Waals surface area contributed by atoms with E-state index in [0.29, 0.717) is 23.9 Å². The smallest absolute Gasteiger partial charge is 0.338 e. The number of nitrogens with zero attached hydrogens (tertiary/aromatic N) is 1. The van der Waals surface area contributed by atoms with Crippen molar-refractivity contribution < 1.29 is 19.0 Å². The van der Waals surface area contributed by atoms with Gasteiger partial charge < -0.3 is 19.5 Å². The second-order valence-corrected chi connectivity index (χ2v) is 7.57. The van der Waals surface area contributed by atoms with Crippen molar-refractivity contribution >= 4 is 29.0 Å². The van der Waals surface area contributed by atoms with Gasteiger partial charge in [0.1, 0.15) is 12.4 Å². The van der Waals surface area contributed by atoms with E-state index < -0.39 is 12.0 Å². The summed E-state index contributed by atoms with van der Waals surface area (Å²) in [5, 5.41) is 3.85.